The van der Waals surface area contributed by atoms with E-state index in [1.807, 2.05) is 37.4 Å². The number of aliphatic imine (C=N–C) groups is 1. The summed E-state index contributed by atoms with van der Waals surface area (Å²) in [6.07, 6.45) is 1.61. The number of aromatic nitrogens is 1. The van der Waals surface area contributed by atoms with Gasteiger partial charge in [0.25, 0.3) is 0 Å². The second-order valence-corrected chi connectivity index (χ2v) is 6.47. The summed E-state index contributed by atoms with van der Waals surface area (Å²) in [6.45, 7) is 5.83. The van der Waals surface area contributed by atoms with E-state index < -0.39 is 0 Å². The highest BCUT2D eigenvalue weighted by Gasteiger charge is 2.20. The summed E-state index contributed by atoms with van der Waals surface area (Å²) in [7, 11) is 1.81. The zero-order chi connectivity index (χ0) is 18.2. The Bertz CT molecular complexity index is 699. The van der Waals surface area contributed by atoms with Crippen molar-refractivity contribution in [1.82, 2.24) is 20.3 Å². The molecule has 0 spiro atoms. The van der Waals surface area contributed by atoms with Crippen molar-refractivity contribution in [2.45, 2.75) is 6.54 Å². The lowest BCUT2D eigenvalue weighted by Crippen LogP contribution is -2.52. The smallest absolute Gasteiger partial charge is 0.193 e. The van der Waals surface area contributed by atoms with Crippen molar-refractivity contribution in [2.24, 2.45) is 4.99 Å². The second-order valence-electron chi connectivity index (χ2n) is 6.03. The maximum atomic E-state index is 5.95. The van der Waals surface area contributed by atoms with Crippen LogP contribution in [0.15, 0.2) is 46.1 Å². The van der Waals surface area contributed by atoms with E-state index in [4.69, 9.17) is 20.9 Å². The van der Waals surface area contributed by atoms with Gasteiger partial charge >= 0.3 is 0 Å². The Hall–Kier alpha value is -2.25. The molecule has 1 fully saturated rings. The fraction of sp³-hybridized carbons (Fsp3) is 0.444. The molecule has 1 aliphatic rings. The molecule has 1 saturated heterocycles. The van der Waals surface area contributed by atoms with Crippen LogP contribution in [0.1, 0.15) is 5.69 Å². The standard InChI is InChI=1S/C18H24ClN5O2/c1-20-18(21-6-12-25-17-4-2-3-15(19)13-17)24-9-7-23(8-10-24)14-16-5-11-26-22-16/h2-5,11,13H,6-10,12,14H2,1H3,(H,20,21). The summed E-state index contributed by atoms with van der Waals surface area (Å²) in [5, 5.41) is 8.00. The lowest BCUT2D eigenvalue weighted by atomic mass is 10.3. The topological polar surface area (TPSA) is 66.1 Å². The molecule has 1 aliphatic heterocycles. The summed E-state index contributed by atoms with van der Waals surface area (Å²) in [5.41, 5.74) is 0.971. The third-order valence-electron chi connectivity index (χ3n) is 4.21. The molecule has 0 radical (unpaired) electrons. The third-order valence-corrected chi connectivity index (χ3v) is 4.45. The first kappa shape index (κ1) is 18.5. The quantitative estimate of drug-likeness (QED) is 0.472. The molecule has 0 saturated carbocycles. The molecule has 0 unspecified atom stereocenters. The number of hydrogen-bond acceptors (Lipinski definition) is 5. The summed E-state index contributed by atoms with van der Waals surface area (Å²) < 4.78 is 10.6. The number of nitrogens with zero attached hydrogens (tertiary/aromatic N) is 4. The minimum Gasteiger partial charge on any atom is -0.492 e. The van der Waals surface area contributed by atoms with Gasteiger partial charge in [0.2, 0.25) is 0 Å². The van der Waals surface area contributed by atoms with Crippen LogP contribution >= 0.6 is 11.6 Å². The molecular weight excluding hydrogens is 354 g/mol. The Balaban J connectivity index is 1.38. The first-order valence-corrected chi connectivity index (χ1v) is 9.08. The van der Waals surface area contributed by atoms with Gasteiger partial charge in [-0.15, -0.1) is 0 Å². The van der Waals surface area contributed by atoms with E-state index in [9.17, 15) is 0 Å². The van der Waals surface area contributed by atoms with Crippen LogP contribution in [0, 0.1) is 0 Å². The first-order chi connectivity index (χ1) is 12.7. The van der Waals surface area contributed by atoms with Gasteiger partial charge in [0.1, 0.15) is 18.6 Å². The fourth-order valence-electron chi connectivity index (χ4n) is 2.89. The predicted octanol–water partition coefficient (Wildman–Crippen LogP) is 2.10. The van der Waals surface area contributed by atoms with E-state index in [1.54, 1.807) is 6.26 Å². The highest BCUT2D eigenvalue weighted by molar-refractivity contribution is 6.30. The molecule has 2 heterocycles. The summed E-state index contributed by atoms with van der Waals surface area (Å²) in [6, 6.07) is 9.32. The maximum Gasteiger partial charge on any atom is 0.193 e. The average molecular weight is 378 g/mol. The first-order valence-electron chi connectivity index (χ1n) is 8.70. The van der Waals surface area contributed by atoms with E-state index >= 15 is 0 Å². The molecule has 7 nitrogen and oxygen atoms in total. The molecule has 1 N–H and O–H groups in total. The van der Waals surface area contributed by atoms with Crippen molar-refractivity contribution in [3.63, 3.8) is 0 Å². The molecule has 26 heavy (non-hydrogen) atoms. The van der Waals surface area contributed by atoms with Crippen molar-refractivity contribution in [3.8, 4) is 5.75 Å². The fourth-order valence-corrected chi connectivity index (χ4v) is 3.07. The number of halogens is 1. The minimum absolute atomic E-state index is 0.547. The van der Waals surface area contributed by atoms with Crippen LogP contribution in [-0.2, 0) is 6.54 Å². The van der Waals surface area contributed by atoms with Crippen molar-refractivity contribution in [1.29, 1.82) is 0 Å². The monoisotopic (exact) mass is 377 g/mol. The van der Waals surface area contributed by atoms with E-state index in [0.717, 1.165) is 50.1 Å². The van der Waals surface area contributed by atoms with E-state index in [1.165, 1.54) is 0 Å². The number of ether oxygens (including phenoxy) is 1. The SMILES string of the molecule is CN=C(NCCOc1cccc(Cl)c1)N1CCN(Cc2ccon2)CC1. The molecule has 0 bridgehead atoms. The molecule has 1 aromatic carbocycles. The van der Waals surface area contributed by atoms with Crippen LogP contribution in [0.5, 0.6) is 5.75 Å². The van der Waals surface area contributed by atoms with Crippen LogP contribution in [0.4, 0.5) is 0 Å². The Kier molecular flexibility index (Phi) is 6.74. The zero-order valence-electron chi connectivity index (χ0n) is 14.9. The number of rotatable bonds is 6. The molecule has 8 heteroatoms. The molecule has 0 atom stereocenters. The van der Waals surface area contributed by atoms with Crippen LogP contribution in [0.3, 0.4) is 0 Å². The van der Waals surface area contributed by atoms with E-state index in [0.29, 0.717) is 18.2 Å². The largest absolute Gasteiger partial charge is 0.492 e. The second kappa shape index (κ2) is 9.45. The van der Waals surface area contributed by atoms with Gasteiger partial charge in [-0.1, -0.05) is 22.8 Å². The van der Waals surface area contributed by atoms with Crippen molar-refractivity contribution < 1.29 is 9.26 Å². The van der Waals surface area contributed by atoms with Gasteiger partial charge in [-0.3, -0.25) is 9.89 Å². The number of piperazine rings is 1. The van der Waals surface area contributed by atoms with Crippen LogP contribution < -0.4 is 10.1 Å². The van der Waals surface area contributed by atoms with Gasteiger partial charge < -0.3 is 19.5 Å². The van der Waals surface area contributed by atoms with Gasteiger partial charge in [0.05, 0.1) is 12.2 Å². The van der Waals surface area contributed by atoms with Crippen molar-refractivity contribution in [2.75, 3.05) is 46.4 Å². The lowest BCUT2D eigenvalue weighted by Gasteiger charge is -2.36. The maximum absolute atomic E-state index is 5.95. The van der Waals surface area contributed by atoms with Gasteiger partial charge in [-0.05, 0) is 18.2 Å². The van der Waals surface area contributed by atoms with Gasteiger partial charge in [-0.25, -0.2) is 0 Å². The molecule has 1 aromatic heterocycles. The zero-order valence-corrected chi connectivity index (χ0v) is 15.7. The lowest BCUT2D eigenvalue weighted by molar-refractivity contribution is 0.168. The van der Waals surface area contributed by atoms with Gasteiger partial charge in [0, 0.05) is 50.9 Å². The van der Waals surface area contributed by atoms with Crippen LogP contribution in [0.25, 0.3) is 0 Å². The summed E-state index contributed by atoms with van der Waals surface area (Å²) >= 11 is 5.95. The Labute approximate surface area is 158 Å². The summed E-state index contributed by atoms with van der Waals surface area (Å²) in [5.74, 6) is 1.68. The Morgan fingerprint density at radius 3 is 2.85 bits per heavy atom. The molecule has 0 amide bonds. The number of hydrogen-bond donors (Lipinski definition) is 1. The molecule has 0 aliphatic carbocycles. The minimum atomic E-state index is 0.547. The van der Waals surface area contributed by atoms with Crippen LogP contribution in [-0.4, -0.2) is 67.3 Å². The van der Waals surface area contributed by atoms with Crippen molar-refractivity contribution in [3.05, 3.63) is 47.3 Å². The predicted molar refractivity (Wildman–Crippen MR) is 102 cm³/mol. The summed E-state index contributed by atoms with van der Waals surface area (Å²) in [4.78, 5) is 9.01. The molecular formula is C18H24ClN5O2. The van der Waals surface area contributed by atoms with Crippen molar-refractivity contribution >= 4 is 17.6 Å². The molecule has 140 valence electrons. The average Bonchev–Trinajstić information content (AvgIpc) is 3.16. The third kappa shape index (κ3) is 5.37. The number of guanidine groups is 1. The highest BCUT2D eigenvalue weighted by atomic mass is 35.5. The normalized spacial score (nSPS) is 15.9. The number of nitrogens with one attached hydrogen (secondary N) is 1. The van der Waals surface area contributed by atoms with Gasteiger partial charge in [-0.2, -0.15) is 0 Å². The highest BCUT2D eigenvalue weighted by Crippen LogP contribution is 2.16. The Morgan fingerprint density at radius 1 is 1.31 bits per heavy atom. The Morgan fingerprint density at radius 2 is 2.15 bits per heavy atom. The molecule has 2 aromatic rings. The molecule has 3 rings (SSSR count). The van der Waals surface area contributed by atoms with Crippen LogP contribution in [0.2, 0.25) is 5.02 Å². The van der Waals surface area contributed by atoms with Gasteiger partial charge in [0.15, 0.2) is 5.96 Å². The van der Waals surface area contributed by atoms with E-state index in [-0.39, 0.29) is 0 Å². The number of benzene rings is 1. The van der Waals surface area contributed by atoms with E-state index in [2.05, 4.69) is 25.3 Å².